The third-order valence-electron chi connectivity index (χ3n) is 4.48. The van der Waals surface area contributed by atoms with Gasteiger partial charge in [-0.2, -0.15) is 0 Å². The summed E-state index contributed by atoms with van der Waals surface area (Å²) in [7, 11) is 2.14. The quantitative estimate of drug-likeness (QED) is 0.774. The van der Waals surface area contributed by atoms with E-state index in [0.29, 0.717) is 22.3 Å². The smallest absolute Gasteiger partial charge is 0.319 e. The Morgan fingerprint density at radius 2 is 1.96 bits per heavy atom. The number of anilines is 1. The molecule has 2 N–H and O–H groups in total. The first-order valence-corrected chi connectivity index (χ1v) is 10.1. The van der Waals surface area contributed by atoms with Crippen LogP contribution in [0.3, 0.4) is 0 Å². The van der Waals surface area contributed by atoms with Crippen molar-refractivity contribution in [3.63, 3.8) is 0 Å². The van der Waals surface area contributed by atoms with E-state index in [0.717, 1.165) is 26.2 Å². The van der Waals surface area contributed by atoms with Gasteiger partial charge in [-0.05, 0) is 36.7 Å². The fourth-order valence-corrected chi connectivity index (χ4v) is 4.12. The van der Waals surface area contributed by atoms with Crippen molar-refractivity contribution in [2.75, 3.05) is 45.1 Å². The summed E-state index contributed by atoms with van der Waals surface area (Å²) in [5, 5.41) is 8.75. The number of thiophene rings is 1. The minimum absolute atomic E-state index is 0.184. The summed E-state index contributed by atoms with van der Waals surface area (Å²) in [4.78, 5) is 18.3. The van der Waals surface area contributed by atoms with Crippen molar-refractivity contribution in [2.45, 2.75) is 6.04 Å². The minimum Gasteiger partial charge on any atom is -0.336 e. The Morgan fingerprint density at radius 1 is 1.19 bits per heavy atom. The zero-order valence-electron chi connectivity index (χ0n) is 14.5. The van der Waals surface area contributed by atoms with E-state index in [1.54, 1.807) is 29.5 Å². The van der Waals surface area contributed by atoms with E-state index < -0.39 is 0 Å². The summed E-state index contributed by atoms with van der Waals surface area (Å²) in [5.74, 6) is 0. The number of nitrogens with one attached hydrogen (secondary N) is 2. The Balaban J connectivity index is 1.60. The van der Waals surface area contributed by atoms with Gasteiger partial charge in [0.25, 0.3) is 0 Å². The van der Waals surface area contributed by atoms with Crippen LogP contribution >= 0.6 is 34.5 Å². The van der Waals surface area contributed by atoms with Crippen LogP contribution in [-0.2, 0) is 0 Å². The topological polar surface area (TPSA) is 47.6 Å². The lowest BCUT2D eigenvalue weighted by molar-refractivity contribution is 0.113. The molecule has 0 radical (unpaired) electrons. The first-order valence-electron chi connectivity index (χ1n) is 8.49. The molecule has 1 saturated heterocycles. The Bertz CT molecular complexity index is 733. The van der Waals surface area contributed by atoms with Crippen LogP contribution in [-0.4, -0.2) is 55.6 Å². The average molecular weight is 413 g/mol. The molecule has 0 saturated carbocycles. The van der Waals surface area contributed by atoms with Crippen molar-refractivity contribution in [2.24, 2.45) is 0 Å². The van der Waals surface area contributed by atoms with Crippen molar-refractivity contribution in [3.05, 3.63) is 50.6 Å². The maximum Gasteiger partial charge on any atom is 0.319 e. The van der Waals surface area contributed by atoms with Gasteiger partial charge in [0.1, 0.15) is 0 Å². The number of amides is 2. The molecule has 1 fully saturated rings. The van der Waals surface area contributed by atoms with Gasteiger partial charge in [0.2, 0.25) is 0 Å². The van der Waals surface area contributed by atoms with Crippen LogP contribution in [0.2, 0.25) is 10.0 Å². The summed E-state index contributed by atoms with van der Waals surface area (Å²) in [6.07, 6.45) is 0. The number of urea groups is 1. The molecular formula is C18H22Cl2N4OS. The van der Waals surface area contributed by atoms with E-state index in [2.05, 4.69) is 45.0 Å². The Labute approximate surface area is 167 Å². The summed E-state index contributed by atoms with van der Waals surface area (Å²) < 4.78 is 0. The number of carbonyl (C=O) groups is 1. The summed E-state index contributed by atoms with van der Waals surface area (Å²) in [6, 6.07) is 9.15. The summed E-state index contributed by atoms with van der Waals surface area (Å²) >= 11 is 13.6. The molecule has 26 heavy (non-hydrogen) atoms. The number of likely N-dealkylation sites (N-methyl/N-ethyl adjacent to an activating group) is 1. The second-order valence-corrected chi connectivity index (χ2v) is 8.13. The Morgan fingerprint density at radius 3 is 2.62 bits per heavy atom. The van der Waals surface area contributed by atoms with Crippen molar-refractivity contribution in [1.29, 1.82) is 0 Å². The zero-order valence-corrected chi connectivity index (χ0v) is 16.9. The van der Waals surface area contributed by atoms with Gasteiger partial charge in [0.15, 0.2) is 0 Å². The molecule has 8 heteroatoms. The van der Waals surface area contributed by atoms with Gasteiger partial charge in [-0.15, -0.1) is 11.3 Å². The lowest BCUT2D eigenvalue weighted by atomic mass is 10.1. The number of hydrogen-bond acceptors (Lipinski definition) is 4. The number of hydrogen-bond donors (Lipinski definition) is 2. The monoisotopic (exact) mass is 412 g/mol. The second kappa shape index (κ2) is 9.06. The fraction of sp³-hybridized carbons (Fsp3) is 0.389. The highest BCUT2D eigenvalue weighted by Gasteiger charge is 2.25. The fourth-order valence-electron chi connectivity index (χ4n) is 2.96. The van der Waals surface area contributed by atoms with E-state index in [4.69, 9.17) is 23.2 Å². The highest BCUT2D eigenvalue weighted by molar-refractivity contribution is 7.10. The molecule has 1 aromatic heterocycles. The number of piperazine rings is 1. The third-order valence-corrected chi connectivity index (χ3v) is 6.20. The zero-order chi connectivity index (χ0) is 18.5. The highest BCUT2D eigenvalue weighted by atomic mass is 35.5. The first kappa shape index (κ1) is 19.5. The number of nitrogens with zero attached hydrogens (tertiary/aromatic N) is 2. The third kappa shape index (κ3) is 5.11. The van der Waals surface area contributed by atoms with Crippen LogP contribution in [0.1, 0.15) is 10.9 Å². The standard InChI is InChI=1S/C18H22Cl2N4OS/c1-23-6-8-24(9-7-23)16(17-3-2-10-26-17)12-21-18(25)22-13-4-5-14(19)15(20)11-13/h2-5,10-11,16H,6-9,12H2,1H3,(H2,21,22,25). The molecule has 2 aromatic rings. The number of halogens is 2. The lowest BCUT2D eigenvalue weighted by Crippen LogP contribution is -2.48. The molecule has 2 heterocycles. The van der Waals surface area contributed by atoms with Gasteiger partial charge >= 0.3 is 6.03 Å². The van der Waals surface area contributed by atoms with Gasteiger partial charge in [0, 0.05) is 43.3 Å². The SMILES string of the molecule is CN1CCN(C(CNC(=O)Nc2ccc(Cl)c(Cl)c2)c2cccs2)CC1. The molecule has 0 aliphatic carbocycles. The number of carbonyl (C=O) groups excluding carboxylic acids is 1. The van der Waals surface area contributed by atoms with Crippen LogP contribution < -0.4 is 10.6 Å². The molecule has 3 rings (SSSR count). The molecule has 140 valence electrons. The van der Waals surface area contributed by atoms with Gasteiger partial charge < -0.3 is 15.5 Å². The molecule has 1 aliphatic heterocycles. The minimum atomic E-state index is -0.251. The van der Waals surface area contributed by atoms with Crippen LogP contribution in [0.5, 0.6) is 0 Å². The van der Waals surface area contributed by atoms with Crippen LogP contribution in [0, 0.1) is 0 Å². The maximum atomic E-state index is 12.3. The van der Waals surface area contributed by atoms with E-state index in [1.165, 1.54) is 4.88 Å². The lowest BCUT2D eigenvalue weighted by Gasteiger charge is -2.37. The number of rotatable bonds is 5. The predicted octanol–water partition coefficient (Wildman–Crippen LogP) is 4.17. The predicted molar refractivity (Wildman–Crippen MR) is 110 cm³/mol. The number of benzene rings is 1. The van der Waals surface area contributed by atoms with Gasteiger partial charge in [-0.25, -0.2) is 4.79 Å². The normalized spacial score (nSPS) is 17.0. The molecule has 1 atom stereocenters. The molecular weight excluding hydrogens is 391 g/mol. The van der Waals surface area contributed by atoms with E-state index in [9.17, 15) is 4.79 Å². The Hall–Kier alpha value is -1.31. The summed E-state index contributed by atoms with van der Waals surface area (Å²) in [5.41, 5.74) is 0.615. The molecule has 2 amide bonds. The molecule has 1 aromatic carbocycles. The van der Waals surface area contributed by atoms with Gasteiger partial charge in [-0.3, -0.25) is 4.90 Å². The van der Waals surface area contributed by atoms with E-state index in [-0.39, 0.29) is 12.1 Å². The van der Waals surface area contributed by atoms with Crippen molar-refractivity contribution >= 4 is 46.3 Å². The molecule has 1 unspecified atom stereocenters. The van der Waals surface area contributed by atoms with Crippen molar-refractivity contribution in [1.82, 2.24) is 15.1 Å². The average Bonchev–Trinajstić information content (AvgIpc) is 3.14. The van der Waals surface area contributed by atoms with Crippen molar-refractivity contribution in [3.8, 4) is 0 Å². The van der Waals surface area contributed by atoms with E-state index >= 15 is 0 Å². The highest BCUT2D eigenvalue weighted by Crippen LogP contribution is 2.26. The summed E-state index contributed by atoms with van der Waals surface area (Å²) in [6.45, 7) is 4.62. The molecule has 5 nitrogen and oxygen atoms in total. The van der Waals surface area contributed by atoms with Crippen LogP contribution in [0.15, 0.2) is 35.7 Å². The first-order chi connectivity index (χ1) is 12.5. The Kier molecular flexibility index (Phi) is 6.78. The second-order valence-electron chi connectivity index (χ2n) is 6.33. The van der Waals surface area contributed by atoms with Crippen molar-refractivity contribution < 1.29 is 4.79 Å². The van der Waals surface area contributed by atoms with Gasteiger partial charge in [0.05, 0.1) is 16.1 Å². The largest absolute Gasteiger partial charge is 0.336 e. The van der Waals surface area contributed by atoms with Gasteiger partial charge in [-0.1, -0.05) is 29.3 Å². The van der Waals surface area contributed by atoms with Crippen LogP contribution in [0.25, 0.3) is 0 Å². The molecule has 0 spiro atoms. The molecule has 0 bridgehead atoms. The maximum absolute atomic E-state index is 12.3. The van der Waals surface area contributed by atoms with E-state index in [1.807, 2.05) is 0 Å². The molecule has 1 aliphatic rings. The van der Waals surface area contributed by atoms with Crippen LogP contribution in [0.4, 0.5) is 10.5 Å².